The third-order valence-electron chi connectivity index (χ3n) is 2.70. The van der Waals surface area contributed by atoms with Crippen molar-refractivity contribution >= 4 is 11.8 Å². The molecule has 1 saturated carbocycles. The van der Waals surface area contributed by atoms with E-state index >= 15 is 0 Å². The maximum absolute atomic E-state index is 3.47. The highest BCUT2D eigenvalue weighted by molar-refractivity contribution is 7.99. The fourth-order valence-corrected chi connectivity index (χ4v) is 2.70. The monoisotopic (exact) mass is 224 g/mol. The maximum Gasteiger partial charge on any atom is 0.0220 e. The molecule has 1 heterocycles. The SMILES string of the molecule is Cn1ccc(CNCCSCC2CC2)c1. The highest BCUT2D eigenvalue weighted by Gasteiger charge is 2.20. The van der Waals surface area contributed by atoms with Gasteiger partial charge in [-0.3, -0.25) is 0 Å². The Bertz CT molecular complexity index is 292. The molecule has 15 heavy (non-hydrogen) atoms. The van der Waals surface area contributed by atoms with Gasteiger partial charge in [-0.05, 0) is 36.1 Å². The van der Waals surface area contributed by atoms with Gasteiger partial charge in [0.05, 0.1) is 0 Å². The lowest BCUT2D eigenvalue weighted by molar-refractivity contribution is 0.729. The van der Waals surface area contributed by atoms with Gasteiger partial charge in [-0.2, -0.15) is 11.8 Å². The van der Waals surface area contributed by atoms with Gasteiger partial charge in [-0.1, -0.05) is 0 Å². The van der Waals surface area contributed by atoms with Crippen molar-refractivity contribution in [1.82, 2.24) is 9.88 Å². The molecule has 1 aromatic rings. The van der Waals surface area contributed by atoms with Crippen molar-refractivity contribution < 1.29 is 0 Å². The molecule has 0 spiro atoms. The standard InChI is InChI=1S/C12H20N2S/c1-14-6-4-12(9-14)8-13-5-7-15-10-11-2-3-11/h4,6,9,11,13H,2-3,5,7-8,10H2,1H3. The van der Waals surface area contributed by atoms with E-state index in [1.54, 1.807) is 0 Å². The molecule has 0 aliphatic heterocycles. The summed E-state index contributed by atoms with van der Waals surface area (Å²) < 4.78 is 2.10. The molecule has 0 saturated heterocycles. The molecule has 2 rings (SSSR count). The van der Waals surface area contributed by atoms with Crippen LogP contribution in [0.3, 0.4) is 0 Å². The van der Waals surface area contributed by atoms with Crippen molar-refractivity contribution in [2.45, 2.75) is 19.4 Å². The van der Waals surface area contributed by atoms with Crippen molar-refractivity contribution in [3.8, 4) is 0 Å². The third kappa shape index (κ3) is 4.31. The molecule has 2 nitrogen and oxygen atoms in total. The topological polar surface area (TPSA) is 17.0 Å². The minimum absolute atomic E-state index is 1.00. The van der Waals surface area contributed by atoms with E-state index in [9.17, 15) is 0 Å². The third-order valence-corrected chi connectivity index (χ3v) is 3.90. The summed E-state index contributed by atoms with van der Waals surface area (Å²) in [6.07, 6.45) is 7.22. The molecule has 1 aliphatic rings. The zero-order valence-corrected chi connectivity index (χ0v) is 10.2. The van der Waals surface area contributed by atoms with Crippen LogP contribution in [-0.2, 0) is 13.6 Å². The van der Waals surface area contributed by atoms with Crippen LogP contribution in [0.4, 0.5) is 0 Å². The quantitative estimate of drug-likeness (QED) is 0.716. The van der Waals surface area contributed by atoms with E-state index in [-0.39, 0.29) is 0 Å². The lowest BCUT2D eigenvalue weighted by Crippen LogP contribution is -2.16. The van der Waals surface area contributed by atoms with Crippen molar-refractivity contribution in [3.05, 3.63) is 24.0 Å². The molecule has 0 unspecified atom stereocenters. The predicted octanol–water partition coefficient (Wildman–Crippen LogP) is 2.26. The average Bonchev–Trinajstić information content (AvgIpc) is 2.95. The zero-order chi connectivity index (χ0) is 10.5. The molecule has 0 amide bonds. The summed E-state index contributed by atoms with van der Waals surface area (Å²) in [7, 11) is 2.06. The molecule has 1 N–H and O–H groups in total. The van der Waals surface area contributed by atoms with Crippen LogP contribution in [-0.4, -0.2) is 22.6 Å². The van der Waals surface area contributed by atoms with Crippen molar-refractivity contribution in [3.63, 3.8) is 0 Å². The Labute approximate surface area is 96.4 Å². The predicted molar refractivity (Wildman–Crippen MR) is 67.2 cm³/mol. The molecule has 0 atom stereocenters. The Morgan fingerprint density at radius 2 is 2.40 bits per heavy atom. The number of aromatic nitrogens is 1. The van der Waals surface area contributed by atoms with Crippen LogP contribution < -0.4 is 5.32 Å². The Balaban J connectivity index is 1.47. The largest absolute Gasteiger partial charge is 0.357 e. The number of nitrogens with one attached hydrogen (secondary N) is 1. The second-order valence-corrected chi connectivity index (χ2v) is 5.53. The molecule has 1 fully saturated rings. The van der Waals surface area contributed by atoms with Gasteiger partial charge in [0.15, 0.2) is 0 Å². The number of aryl methyl sites for hydroxylation is 1. The Kier molecular flexibility index (Phi) is 4.15. The molecule has 3 heteroatoms. The van der Waals surface area contributed by atoms with E-state index in [1.807, 2.05) is 0 Å². The highest BCUT2D eigenvalue weighted by Crippen LogP contribution is 2.32. The minimum Gasteiger partial charge on any atom is -0.357 e. The summed E-state index contributed by atoms with van der Waals surface area (Å²) in [6.45, 7) is 2.14. The van der Waals surface area contributed by atoms with Gasteiger partial charge in [0.1, 0.15) is 0 Å². The molecule has 0 radical (unpaired) electrons. The molecule has 0 bridgehead atoms. The summed E-state index contributed by atoms with van der Waals surface area (Å²) in [5, 5.41) is 3.47. The van der Waals surface area contributed by atoms with Crippen LogP contribution in [0.1, 0.15) is 18.4 Å². The van der Waals surface area contributed by atoms with Crippen LogP contribution in [0.25, 0.3) is 0 Å². The van der Waals surface area contributed by atoms with Gasteiger partial charge < -0.3 is 9.88 Å². The summed E-state index contributed by atoms with van der Waals surface area (Å²) >= 11 is 2.10. The fourth-order valence-electron chi connectivity index (χ4n) is 1.58. The normalized spacial score (nSPS) is 15.8. The first-order valence-corrected chi connectivity index (χ1v) is 6.89. The van der Waals surface area contributed by atoms with E-state index in [2.05, 4.69) is 47.2 Å². The number of hydrogen-bond donors (Lipinski definition) is 1. The summed E-state index contributed by atoms with van der Waals surface area (Å²) in [5.41, 5.74) is 1.38. The molecule has 84 valence electrons. The van der Waals surface area contributed by atoms with Crippen LogP contribution in [0.15, 0.2) is 18.5 Å². The lowest BCUT2D eigenvalue weighted by atomic mass is 10.3. The Morgan fingerprint density at radius 1 is 1.53 bits per heavy atom. The first-order valence-electron chi connectivity index (χ1n) is 5.74. The van der Waals surface area contributed by atoms with Gasteiger partial charge in [0.25, 0.3) is 0 Å². The van der Waals surface area contributed by atoms with Gasteiger partial charge in [0.2, 0.25) is 0 Å². The van der Waals surface area contributed by atoms with Crippen LogP contribution in [0, 0.1) is 5.92 Å². The Morgan fingerprint density at radius 3 is 3.07 bits per heavy atom. The van der Waals surface area contributed by atoms with E-state index in [0.717, 1.165) is 19.0 Å². The van der Waals surface area contributed by atoms with Crippen molar-refractivity contribution in [2.75, 3.05) is 18.1 Å². The lowest BCUT2D eigenvalue weighted by Gasteiger charge is -2.02. The minimum atomic E-state index is 1.00. The number of hydrogen-bond acceptors (Lipinski definition) is 2. The van der Waals surface area contributed by atoms with E-state index in [1.165, 1.54) is 29.9 Å². The molecule has 1 aliphatic carbocycles. The maximum atomic E-state index is 3.47. The molecule has 0 aromatic carbocycles. The Hall–Kier alpha value is -0.410. The van der Waals surface area contributed by atoms with Gasteiger partial charge in [0, 0.05) is 38.3 Å². The van der Waals surface area contributed by atoms with Gasteiger partial charge >= 0.3 is 0 Å². The van der Waals surface area contributed by atoms with Gasteiger partial charge in [-0.15, -0.1) is 0 Å². The van der Waals surface area contributed by atoms with E-state index in [4.69, 9.17) is 0 Å². The van der Waals surface area contributed by atoms with Crippen LogP contribution in [0.5, 0.6) is 0 Å². The smallest absolute Gasteiger partial charge is 0.0220 e. The van der Waals surface area contributed by atoms with Crippen LogP contribution in [0.2, 0.25) is 0 Å². The first kappa shape index (κ1) is 11.1. The second-order valence-electron chi connectivity index (χ2n) is 4.38. The number of rotatable bonds is 7. The highest BCUT2D eigenvalue weighted by atomic mass is 32.2. The average molecular weight is 224 g/mol. The molecule has 1 aromatic heterocycles. The number of nitrogens with zero attached hydrogens (tertiary/aromatic N) is 1. The summed E-state index contributed by atoms with van der Waals surface area (Å²) in [5.74, 6) is 3.69. The fraction of sp³-hybridized carbons (Fsp3) is 0.667. The van der Waals surface area contributed by atoms with Crippen molar-refractivity contribution in [2.24, 2.45) is 13.0 Å². The van der Waals surface area contributed by atoms with Crippen LogP contribution >= 0.6 is 11.8 Å². The zero-order valence-electron chi connectivity index (χ0n) is 9.41. The molecular weight excluding hydrogens is 204 g/mol. The second kappa shape index (κ2) is 5.61. The van der Waals surface area contributed by atoms with E-state index in [0.29, 0.717) is 0 Å². The van der Waals surface area contributed by atoms with Gasteiger partial charge in [-0.25, -0.2) is 0 Å². The summed E-state index contributed by atoms with van der Waals surface area (Å²) in [4.78, 5) is 0. The first-order chi connectivity index (χ1) is 7.34. The summed E-state index contributed by atoms with van der Waals surface area (Å²) in [6, 6.07) is 2.17. The number of thioether (sulfide) groups is 1. The molecular formula is C12H20N2S. The van der Waals surface area contributed by atoms with Crippen molar-refractivity contribution in [1.29, 1.82) is 0 Å². The van der Waals surface area contributed by atoms with E-state index < -0.39 is 0 Å².